The number of nitrogens with zero attached hydrogens (tertiary/aromatic N) is 2. The highest BCUT2D eigenvalue weighted by Gasteiger charge is 2.09. The fraction of sp³-hybridized carbons (Fsp3) is 0.368. The summed E-state index contributed by atoms with van der Waals surface area (Å²) in [5, 5.41) is 3.17. The van der Waals surface area contributed by atoms with E-state index >= 15 is 0 Å². The lowest BCUT2D eigenvalue weighted by Gasteiger charge is -2.17. The Balaban J connectivity index is 1.76. The van der Waals surface area contributed by atoms with Crippen LogP contribution in [0, 0.1) is 0 Å². The number of rotatable bonds is 9. The van der Waals surface area contributed by atoms with Crippen molar-refractivity contribution in [2.24, 2.45) is 0 Å². The molecule has 0 bridgehead atoms. The van der Waals surface area contributed by atoms with Gasteiger partial charge in [-0.2, -0.15) is 0 Å². The lowest BCUT2D eigenvalue weighted by molar-refractivity contribution is -0.128. The van der Waals surface area contributed by atoms with E-state index in [4.69, 9.17) is 9.47 Å². The number of nitrogens with one attached hydrogen (secondary N) is 1. The second kappa shape index (κ2) is 9.64. The Bertz CT molecular complexity index is 677. The van der Waals surface area contributed by atoms with E-state index in [1.54, 1.807) is 31.5 Å². The highest BCUT2D eigenvalue weighted by Crippen LogP contribution is 2.27. The maximum Gasteiger partial charge on any atom is 0.236 e. The van der Waals surface area contributed by atoms with Crippen LogP contribution in [-0.2, 0) is 17.8 Å². The fourth-order valence-corrected chi connectivity index (χ4v) is 2.41. The van der Waals surface area contributed by atoms with Gasteiger partial charge in [0.05, 0.1) is 20.8 Å². The van der Waals surface area contributed by atoms with E-state index in [1.807, 2.05) is 37.4 Å². The van der Waals surface area contributed by atoms with Crippen molar-refractivity contribution in [2.45, 2.75) is 13.0 Å². The molecule has 0 unspecified atom stereocenters. The summed E-state index contributed by atoms with van der Waals surface area (Å²) in [5.41, 5.74) is 2.21. The van der Waals surface area contributed by atoms with Gasteiger partial charge in [0.15, 0.2) is 11.5 Å². The molecule has 1 heterocycles. The minimum absolute atomic E-state index is 0.0644. The molecule has 0 aliphatic carbocycles. The lowest BCUT2D eigenvalue weighted by atomic mass is 10.2. The first-order valence-corrected chi connectivity index (χ1v) is 8.18. The van der Waals surface area contributed by atoms with E-state index in [1.165, 1.54) is 5.56 Å². The molecule has 2 rings (SSSR count). The molecule has 6 nitrogen and oxygen atoms in total. The maximum absolute atomic E-state index is 12.2. The maximum atomic E-state index is 12.2. The number of carbonyl (C=O) groups is 1. The van der Waals surface area contributed by atoms with E-state index in [0.717, 1.165) is 12.0 Å². The molecule has 0 aliphatic rings. The summed E-state index contributed by atoms with van der Waals surface area (Å²) in [6.45, 7) is 1.56. The molecule has 1 aromatic heterocycles. The van der Waals surface area contributed by atoms with Crippen LogP contribution in [0.4, 0.5) is 0 Å². The third-order valence-corrected chi connectivity index (χ3v) is 3.96. The molecule has 134 valence electrons. The summed E-state index contributed by atoms with van der Waals surface area (Å²) in [6, 6.07) is 9.65. The second-order valence-electron chi connectivity index (χ2n) is 5.71. The Hall–Kier alpha value is -2.60. The molecule has 1 amide bonds. The van der Waals surface area contributed by atoms with Crippen molar-refractivity contribution < 1.29 is 14.3 Å². The Morgan fingerprint density at radius 2 is 1.80 bits per heavy atom. The van der Waals surface area contributed by atoms with Crippen LogP contribution in [0.5, 0.6) is 11.5 Å². The first-order chi connectivity index (χ1) is 12.1. The van der Waals surface area contributed by atoms with Gasteiger partial charge in [-0.05, 0) is 41.8 Å². The van der Waals surface area contributed by atoms with Crippen molar-refractivity contribution in [2.75, 3.05) is 34.4 Å². The molecule has 0 saturated heterocycles. The number of ether oxygens (including phenoxy) is 2. The molecule has 2 aromatic rings. The first-order valence-electron chi connectivity index (χ1n) is 8.18. The van der Waals surface area contributed by atoms with Crippen molar-refractivity contribution in [1.29, 1.82) is 0 Å². The minimum Gasteiger partial charge on any atom is -0.493 e. The zero-order valence-corrected chi connectivity index (χ0v) is 15.0. The lowest BCUT2D eigenvalue weighted by Crippen LogP contribution is -2.36. The fourth-order valence-electron chi connectivity index (χ4n) is 2.41. The molecule has 0 radical (unpaired) electrons. The number of likely N-dealkylation sites (N-methyl/N-ethyl adjacent to an activating group) is 1. The standard InChI is InChI=1S/C19H25N3O3/c1-22(11-8-15-6-9-20-10-7-15)19(23)14-21-13-16-4-5-17(24-2)18(12-16)25-3/h4-7,9-10,12,21H,8,11,13-14H2,1-3H3. The van der Waals surface area contributed by atoms with Crippen molar-refractivity contribution in [3.8, 4) is 11.5 Å². The number of methoxy groups -OCH3 is 2. The highest BCUT2D eigenvalue weighted by atomic mass is 16.5. The Morgan fingerprint density at radius 1 is 1.08 bits per heavy atom. The van der Waals surface area contributed by atoms with E-state index in [-0.39, 0.29) is 5.91 Å². The molecule has 0 spiro atoms. The SMILES string of the molecule is COc1ccc(CNCC(=O)N(C)CCc2ccncc2)cc1OC. The smallest absolute Gasteiger partial charge is 0.236 e. The van der Waals surface area contributed by atoms with Gasteiger partial charge in [0.2, 0.25) is 5.91 Å². The van der Waals surface area contributed by atoms with Crippen molar-refractivity contribution in [3.63, 3.8) is 0 Å². The van der Waals surface area contributed by atoms with Crippen LogP contribution in [0.2, 0.25) is 0 Å². The van der Waals surface area contributed by atoms with Gasteiger partial charge < -0.3 is 19.7 Å². The number of amides is 1. The highest BCUT2D eigenvalue weighted by molar-refractivity contribution is 5.77. The van der Waals surface area contributed by atoms with Gasteiger partial charge in [0.1, 0.15) is 0 Å². The van der Waals surface area contributed by atoms with Gasteiger partial charge >= 0.3 is 0 Å². The predicted octanol–water partition coefficient (Wildman–Crippen LogP) is 1.89. The summed E-state index contributed by atoms with van der Waals surface area (Å²) in [6.07, 6.45) is 4.35. The third kappa shape index (κ3) is 5.76. The normalized spacial score (nSPS) is 10.4. The third-order valence-electron chi connectivity index (χ3n) is 3.96. The van der Waals surface area contributed by atoms with E-state index < -0.39 is 0 Å². The van der Waals surface area contributed by atoms with Gasteiger partial charge in [0.25, 0.3) is 0 Å². The molecular formula is C19H25N3O3. The Kier molecular flexibility index (Phi) is 7.22. The number of carbonyl (C=O) groups excluding carboxylic acids is 1. The van der Waals surface area contributed by atoms with E-state index in [9.17, 15) is 4.79 Å². The van der Waals surface area contributed by atoms with Crippen LogP contribution in [-0.4, -0.2) is 50.1 Å². The quantitative estimate of drug-likeness (QED) is 0.753. The molecule has 6 heteroatoms. The van der Waals surface area contributed by atoms with Gasteiger partial charge in [-0.3, -0.25) is 9.78 Å². The number of hydrogen-bond acceptors (Lipinski definition) is 5. The van der Waals surface area contributed by atoms with Crippen LogP contribution in [0.3, 0.4) is 0 Å². The van der Waals surface area contributed by atoms with Crippen LogP contribution in [0.15, 0.2) is 42.7 Å². The summed E-state index contributed by atoms with van der Waals surface area (Å²) in [7, 11) is 5.04. The summed E-state index contributed by atoms with van der Waals surface area (Å²) < 4.78 is 10.5. The monoisotopic (exact) mass is 343 g/mol. The van der Waals surface area contributed by atoms with Crippen LogP contribution >= 0.6 is 0 Å². The van der Waals surface area contributed by atoms with Gasteiger partial charge in [-0.1, -0.05) is 6.07 Å². The average Bonchev–Trinajstić information content (AvgIpc) is 2.66. The topological polar surface area (TPSA) is 63.7 Å². The van der Waals surface area contributed by atoms with Crippen molar-refractivity contribution in [3.05, 3.63) is 53.9 Å². The molecule has 1 N–H and O–H groups in total. The first kappa shape index (κ1) is 18.7. The number of pyridine rings is 1. The molecule has 0 saturated carbocycles. The summed E-state index contributed by atoms with van der Waals surface area (Å²) in [4.78, 5) is 17.9. The summed E-state index contributed by atoms with van der Waals surface area (Å²) in [5.74, 6) is 1.44. The predicted molar refractivity (Wildman–Crippen MR) is 96.8 cm³/mol. The molecule has 0 atom stereocenters. The van der Waals surface area contributed by atoms with E-state index in [2.05, 4.69) is 10.3 Å². The minimum atomic E-state index is 0.0644. The van der Waals surface area contributed by atoms with Gasteiger partial charge in [0, 0.05) is 32.5 Å². The molecule has 1 aromatic carbocycles. The van der Waals surface area contributed by atoms with Gasteiger partial charge in [-0.15, -0.1) is 0 Å². The largest absolute Gasteiger partial charge is 0.493 e. The zero-order chi connectivity index (χ0) is 18.1. The average molecular weight is 343 g/mol. The number of aromatic nitrogens is 1. The summed E-state index contributed by atoms with van der Waals surface area (Å²) >= 11 is 0. The second-order valence-corrected chi connectivity index (χ2v) is 5.71. The Labute approximate surface area is 148 Å². The molecule has 25 heavy (non-hydrogen) atoms. The number of benzene rings is 1. The van der Waals surface area contributed by atoms with E-state index in [0.29, 0.717) is 31.1 Å². The number of hydrogen-bond donors (Lipinski definition) is 1. The van der Waals surface area contributed by atoms with Gasteiger partial charge in [-0.25, -0.2) is 0 Å². The van der Waals surface area contributed by atoms with Crippen molar-refractivity contribution >= 4 is 5.91 Å². The molecule has 0 aliphatic heterocycles. The van der Waals surface area contributed by atoms with Crippen LogP contribution in [0.1, 0.15) is 11.1 Å². The zero-order valence-electron chi connectivity index (χ0n) is 15.0. The molecule has 0 fully saturated rings. The van der Waals surface area contributed by atoms with Crippen LogP contribution in [0.25, 0.3) is 0 Å². The van der Waals surface area contributed by atoms with Crippen LogP contribution < -0.4 is 14.8 Å². The molecular weight excluding hydrogens is 318 g/mol. The Morgan fingerprint density at radius 3 is 2.48 bits per heavy atom. The van der Waals surface area contributed by atoms with Crippen molar-refractivity contribution in [1.82, 2.24) is 15.2 Å².